The smallest absolute Gasteiger partial charge is 0.251 e. The molecular weight excluding hydrogens is 233 g/mol. The van der Waals surface area contributed by atoms with Crippen LogP contribution in [-0.4, -0.2) is 24.2 Å². The predicted molar refractivity (Wildman–Crippen MR) is 67.5 cm³/mol. The van der Waals surface area contributed by atoms with Gasteiger partial charge in [-0.3, -0.25) is 4.79 Å². The van der Waals surface area contributed by atoms with Crippen molar-refractivity contribution in [3.05, 3.63) is 35.1 Å². The van der Waals surface area contributed by atoms with Crippen LogP contribution in [0.3, 0.4) is 0 Å². The summed E-state index contributed by atoms with van der Waals surface area (Å²) in [5.41, 5.74) is 0.437. The zero-order valence-corrected chi connectivity index (χ0v) is 10.5. The third kappa shape index (κ3) is 4.19. The van der Waals surface area contributed by atoms with E-state index in [-0.39, 0.29) is 23.6 Å². The molecule has 1 aromatic carbocycles. The second kappa shape index (κ2) is 6.77. The quantitative estimate of drug-likeness (QED) is 0.799. The zero-order valence-electron chi connectivity index (χ0n) is 10.5. The van der Waals surface area contributed by atoms with E-state index < -0.39 is 5.82 Å². The van der Waals surface area contributed by atoms with E-state index in [9.17, 15) is 9.18 Å². The Morgan fingerprint density at radius 1 is 1.50 bits per heavy atom. The van der Waals surface area contributed by atoms with Crippen molar-refractivity contribution in [2.45, 2.75) is 13.8 Å². The third-order valence-corrected chi connectivity index (χ3v) is 2.20. The van der Waals surface area contributed by atoms with E-state index in [4.69, 9.17) is 5.11 Å². The highest BCUT2D eigenvalue weighted by atomic mass is 19.1. The standard InChI is InChI=1S/C14H16FNO2/c1-10(2)9-16-14(18)12-6-5-11(4-3-7-17)13(15)8-12/h5-6,8,10,17H,7,9H2,1-2H3,(H,16,18). The number of amides is 1. The van der Waals surface area contributed by atoms with Gasteiger partial charge >= 0.3 is 0 Å². The highest BCUT2D eigenvalue weighted by Crippen LogP contribution is 2.09. The van der Waals surface area contributed by atoms with E-state index in [2.05, 4.69) is 17.2 Å². The van der Waals surface area contributed by atoms with Crippen LogP contribution in [-0.2, 0) is 0 Å². The first-order valence-electron chi connectivity index (χ1n) is 5.72. The van der Waals surface area contributed by atoms with Gasteiger partial charge in [0.2, 0.25) is 0 Å². The first kappa shape index (κ1) is 14.2. The molecule has 0 spiro atoms. The number of rotatable bonds is 3. The van der Waals surface area contributed by atoms with E-state index in [0.717, 1.165) is 6.07 Å². The number of aliphatic hydroxyl groups is 1. The van der Waals surface area contributed by atoms with Gasteiger partial charge in [0, 0.05) is 12.1 Å². The summed E-state index contributed by atoms with van der Waals surface area (Å²) >= 11 is 0. The van der Waals surface area contributed by atoms with Crippen molar-refractivity contribution in [2.75, 3.05) is 13.2 Å². The van der Waals surface area contributed by atoms with Crippen LogP contribution in [0.1, 0.15) is 29.8 Å². The van der Waals surface area contributed by atoms with Crippen LogP contribution in [0.25, 0.3) is 0 Å². The lowest BCUT2D eigenvalue weighted by Gasteiger charge is -2.07. The number of carbonyl (C=O) groups is 1. The summed E-state index contributed by atoms with van der Waals surface area (Å²) in [5.74, 6) is 4.31. The Bertz CT molecular complexity index is 486. The summed E-state index contributed by atoms with van der Waals surface area (Å²) < 4.78 is 13.6. The van der Waals surface area contributed by atoms with E-state index in [1.54, 1.807) is 0 Å². The van der Waals surface area contributed by atoms with Gasteiger partial charge in [0.05, 0.1) is 5.56 Å². The molecule has 0 atom stereocenters. The second-order valence-electron chi connectivity index (χ2n) is 4.26. The van der Waals surface area contributed by atoms with E-state index in [1.807, 2.05) is 13.8 Å². The molecule has 4 heteroatoms. The zero-order chi connectivity index (χ0) is 13.5. The van der Waals surface area contributed by atoms with Crippen molar-refractivity contribution in [2.24, 2.45) is 5.92 Å². The molecule has 0 aliphatic rings. The topological polar surface area (TPSA) is 49.3 Å². The van der Waals surface area contributed by atoms with Crippen molar-refractivity contribution in [1.29, 1.82) is 0 Å². The van der Waals surface area contributed by atoms with Crippen molar-refractivity contribution in [3.8, 4) is 11.8 Å². The van der Waals surface area contributed by atoms with Gasteiger partial charge in [-0.2, -0.15) is 0 Å². The number of nitrogens with one attached hydrogen (secondary N) is 1. The Morgan fingerprint density at radius 2 is 2.22 bits per heavy atom. The molecular formula is C14H16FNO2. The normalized spacial score (nSPS) is 9.83. The average Bonchev–Trinajstić information content (AvgIpc) is 2.34. The van der Waals surface area contributed by atoms with Gasteiger partial charge in [0.15, 0.2) is 0 Å². The fraction of sp³-hybridized carbons (Fsp3) is 0.357. The lowest BCUT2D eigenvalue weighted by molar-refractivity contribution is 0.0948. The summed E-state index contributed by atoms with van der Waals surface area (Å²) in [6.45, 7) is 4.19. The maximum atomic E-state index is 13.6. The SMILES string of the molecule is CC(C)CNC(=O)c1ccc(C#CCO)c(F)c1. The van der Waals surface area contributed by atoms with Crippen LogP contribution < -0.4 is 5.32 Å². The molecule has 0 saturated carbocycles. The monoisotopic (exact) mass is 249 g/mol. The first-order chi connectivity index (χ1) is 8.54. The minimum atomic E-state index is -0.562. The Kier molecular flexibility index (Phi) is 5.34. The number of benzene rings is 1. The molecule has 0 fully saturated rings. The number of halogens is 1. The predicted octanol–water partition coefficient (Wildman–Crippen LogP) is 1.56. The van der Waals surface area contributed by atoms with Crippen LogP contribution >= 0.6 is 0 Å². The fourth-order valence-electron chi connectivity index (χ4n) is 1.29. The van der Waals surface area contributed by atoms with Gasteiger partial charge < -0.3 is 10.4 Å². The maximum Gasteiger partial charge on any atom is 0.251 e. The van der Waals surface area contributed by atoms with Gasteiger partial charge in [-0.1, -0.05) is 25.7 Å². The van der Waals surface area contributed by atoms with Crippen LogP contribution in [0.2, 0.25) is 0 Å². The average molecular weight is 249 g/mol. The molecule has 0 heterocycles. The van der Waals surface area contributed by atoms with Gasteiger partial charge in [-0.05, 0) is 24.1 Å². The summed E-state index contributed by atoms with van der Waals surface area (Å²) in [6.07, 6.45) is 0. The molecule has 0 aliphatic heterocycles. The lowest BCUT2D eigenvalue weighted by Crippen LogP contribution is -2.27. The molecule has 0 bridgehead atoms. The number of aliphatic hydroxyl groups excluding tert-OH is 1. The maximum absolute atomic E-state index is 13.6. The summed E-state index contributed by atoms with van der Waals surface area (Å²) in [7, 11) is 0. The molecule has 3 nitrogen and oxygen atoms in total. The van der Waals surface area contributed by atoms with E-state index in [0.29, 0.717) is 12.5 Å². The number of hydrogen-bond donors (Lipinski definition) is 2. The highest BCUT2D eigenvalue weighted by molar-refractivity contribution is 5.94. The van der Waals surface area contributed by atoms with Crippen molar-refractivity contribution in [1.82, 2.24) is 5.32 Å². The number of carbonyl (C=O) groups excluding carboxylic acids is 1. The minimum absolute atomic E-state index is 0.171. The van der Waals surface area contributed by atoms with Crippen LogP contribution in [0, 0.1) is 23.6 Å². The first-order valence-corrected chi connectivity index (χ1v) is 5.72. The summed E-state index contributed by atoms with van der Waals surface area (Å²) in [4.78, 5) is 11.7. The van der Waals surface area contributed by atoms with Crippen LogP contribution in [0.4, 0.5) is 4.39 Å². The molecule has 1 aromatic rings. The molecule has 0 aliphatic carbocycles. The molecule has 2 N–H and O–H groups in total. The molecule has 0 unspecified atom stereocenters. The van der Waals surface area contributed by atoms with E-state index in [1.165, 1.54) is 12.1 Å². The molecule has 1 amide bonds. The minimum Gasteiger partial charge on any atom is -0.384 e. The van der Waals surface area contributed by atoms with E-state index >= 15 is 0 Å². The van der Waals surface area contributed by atoms with Crippen molar-refractivity contribution < 1.29 is 14.3 Å². The van der Waals surface area contributed by atoms with Gasteiger partial charge in [0.1, 0.15) is 12.4 Å². The Balaban J connectivity index is 2.80. The summed E-state index contributed by atoms with van der Waals surface area (Å²) in [5, 5.41) is 11.2. The lowest BCUT2D eigenvalue weighted by atomic mass is 10.1. The largest absolute Gasteiger partial charge is 0.384 e. The molecule has 0 radical (unpaired) electrons. The van der Waals surface area contributed by atoms with Crippen molar-refractivity contribution in [3.63, 3.8) is 0 Å². The molecule has 0 aromatic heterocycles. The molecule has 1 rings (SSSR count). The highest BCUT2D eigenvalue weighted by Gasteiger charge is 2.08. The molecule has 96 valence electrons. The van der Waals surface area contributed by atoms with Crippen molar-refractivity contribution >= 4 is 5.91 Å². The van der Waals surface area contributed by atoms with Gasteiger partial charge in [-0.15, -0.1) is 0 Å². The Labute approximate surface area is 106 Å². The number of hydrogen-bond acceptors (Lipinski definition) is 2. The van der Waals surface area contributed by atoms with Gasteiger partial charge in [0.25, 0.3) is 5.91 Å². The second-order valence-corrected chi connectivity index (χ2v) is 4.26. The Morgan fingerprint density at radius 3 is 2.78 bits per heavy atom. The van der Waals surface area contributed by atoms with Crippen LogP contribution in [0.5, 0.6) is 0 Å². The third-order valence-electron chi connectivity index (χ3n) is 2.20. The van der Waals surface area contributed by atoms with Gasteiger partial charge in [-0.25, -0.2) is 4.39 Å². The Hall–Kier alpha value is -1.86. The summed E-state index contributed by atoms with van der Waals surface area (Å²) in [6, 6.07) is 4.10. The molecule has 18 heavy (non-hydrogen) atoms. The fourth-order valence-corrected chi connectivity index (χ4v) is 1.29. The molecule has 0 saturated heterocycles. The van der Waals surface area contributed by atoms with Crippen LogP contribution in [0.15, 0.2) is 18.2 Å².